The Balaban J connectivity index is 2.10. The van der Waals surface area contributed by atoms with E-state index < -0.39 is 10.0 Å². The van der Waals surface area contributed by atoms with E-state index in [4.69, 9.17) is 10.5 Å². The lowest BCUT2D eigenvalue weighted by Gasteiger charge is -2.09. The number of hydrogen-bond acceptors (Lipinski definition) is 4. The molecule has 7 heteroatoms. The molecule has 0 bridgehead atoms. The molecule has 0 saturated carbocycles. The number of hydrogen-bond donors (Lipinski definition) is 1. The van der Waals surface area contributed by atoms with E-state index in [1.165, 1.54) is 6.07 Å². The maximum absolute atomic E-state index is 11.9. The van der Waals surface area contributed by atoms with Crippen LogP contribution in [0.1, 0.15) is 5.56 Å². The fourth-order valence-electron chi connectivity index (χ4n) is 1.88. The summed E-state index contributed by atoms with van der Waals surface area (Å²) in [6.07, 6.45) is 0. The highest BCUT2D eigenvalue weighted by atomic mass is 79.9. The Hall–Kier alpha value is -1.86. The van der Waals surface area contributed by atoms with Gasteiger partial charge in [0, 0.05) is 0 Å². The Bertz CT molecular complexity index is 811. The second-order valence-electron chi connectivity index (χ2n) is 4.13. The smallest absolute Gasteiger partial charge is 0.286 e. The summed E-state index contributed by atoms with van der Waals surface area (Å²) in [5, 5.41) is 0. The number of anilines is 1. The number of sulfonamides is 1. The van der Waals surface area contributed by atoms with Gasteiger partial charge in [-0.1, -0.05) is 18.2 Å². The van der Waals surface area contributed by atoms with Gasteiger partial charge in [-0.25, -0.2) is 0 Å². The van der Waals surface area contributed by atoms with Crippen molar-refractivity contribution in [3.8, 4) is 5.75 Å². The molecule has 0 atom stereocenters. The molecule has 5 nitrogen and oxygen atoms in total. The molecule has 0 spiro atoms. The van der Waals surface area contributed by atoms with Crippen LogP contribution in [0.5, 0.6) is 5.75 Å². The predicted octanol–water partition coefficient (Wildman–Crippen LogP) is 2.56. The topological polar surface area (TPSA) is 81.8 Å². The van der Waals surface area contributed by atoms with Crippen LogP contribution in [-0.4, -0.2) is 14.3 Å². The SMILES string of the molecule is Nc1cccc(Br)c1OC1=NS(=O)(=O)c2ccccc21. The maximum atomic E-state index is 11.9. The van der Waals surface area contributed by atoms with E-state index in [-0.39, 0.29) is 10.8 Å². The van der Waals surface area contributed by atoms with E-state index in [2.05, 4.69) is 20.3 Å². The zero-order valence-corrected chi connectivity index (χ0v) is 12.5. The summed E-state index contributed by atoms with van der Waals surface area (Å²) in [7, 11) is -3.69. The van der Waals surface area contributed by atoms with E-state index in [9.17, 15) is 8.42 Å². The number of rotatable bonds is 1. The van der Waals surface area contributed by atoms with Gasteiger partial charge in [-0.15, -0.1) is 4.40 Å². The van der Waals surface area contributed by atoms with Gasteiger partial charge in [-0.3, -0.25) is 0 Å². The van der Waals surface area contributed by atoms with Gasteiger partial charge in [0.1, 0.15) is 4.90 Å². The molecule has 1 aliphatic rings. The number of para-hydroxylation sites is 1. The fourth-order valence-corrected chi connectivity index (χ4v) is 3.48. The van der Waals surface area contributed by atoms with Crippen molar-refractivity contribution >= 4 is 37.5 Å². The number of nitrogens with two attached hydrogens (primary N) is 1. The second kappa shape index (κ2) is 4.60. The summed E-state index contributed by atoms with van der Waals surface area (Å²) in [5.41, 5.74) is 6.65. The molecule has 20 heavy (non-hydrogen) atoms. The summed E-state index contributed by atoms with van der Waals surface area (Å²) < 4.78 is 33.7. The number of ether oxygens (including phenoxy) is 1. The third kappa shape index (κ3) is 2.08. The predicted molar refractivity (Wildman–Crippen MR) is 79.3 cm³/mol. The quantitative estimate of drug-likeness (QED) is 0.799. The molecule has 0 saturated heterocycles. The molecule has 0 unspecified atom stereocenters. The molecule has 0 amide bonds. The van der Waals surface area contributed by atoms with Crippen molar-refractivity contribution in [1.29, 1.82) is 0 Å². The normalized spacial score (nSPS) is 15.6. The first-order valence-corrected chi connectivity index (χ1v) is 7.88. The molecule has 0 radical (unpaired) electrons. The Labute approximate surface area is 124 Å². The molecule has 1 aliphatic heterocycles. The van der Waals surface area contributed by atoms with Gasteiger partial charge in [0.25, 0.3) is 10.0 Å². The van der Waals surface area contributed by atoms with Crippen LogP contribution in [0.15, 0.2) is 56.2 Å². The van der Waals surface area contributed by atoms with E-state index >= 15 is 0 Å². The fraction of sp³-hybridized carbons (Fsp3) is 0. The van der Waals surface area contributed by atoms with E-state index in [1.54, 1.807) is 36.4 Å². The molecular formula is C13H9BrN2O3S. The molecule has 0 fully saturated rings. The molecule has 2 aromatic rings. The summed E-state index contributed by atoms with van der Waals surface area (Å²) in [6, 6.07) is 11.7. The molecular weight excluding hydrogens is 344 g/mol. The third-order valence-electron chi connectivity index (χ3n) is 2.79. The lowest BCUT2D eigenvalue weighted by molar-refractivity contribution is 0.553. The van der Waals surface area contributed by atoms with Gasteiger partial charge in [-0.05, 0) is 40.2 Å². The highest BCUT2D eigenvalue weighted by molar-refractivity contribution is 9.10. The molecule has 0 aromatic heterocycles. The molecule has 2 aromatic carbocycles. The number of nitrogens with zero attached hydrogens (tertiary/aromatic N) is 1. The highest BCUT2D eigenvalue weighted by Gasteiger charge is 2.30. The Kier molecular flexibility index (Phi) is 3.02. The summed E-state index contributed by atoms with van der Waals surface area (Å²) in [6.45, 7) is 0. The van der Waals surface area contributed by atoms with Crippen LogP contribution in [0.25, 0.3) is 0 Å². The van der Waals surface area contributed by atoms with Crippen LogP contribution < -0.4 is 10.5 Å². The molecule has 2 N–H and O–H groups in total. The number of nitrogen functional groups attached to an aromatic ring is 1. The second-order valence-corrected chi connectivity index (χ2v) is 6.55. The highest BCUT2D eigenvalue weighted by Crippen LogP contribution is 2.34. The van der Waals surface area contributed by atoms with Gasteiger partial charge < -0.3 is 10.5 Å². The zero-order chi connectivity index (χ0) is 14.3. The molecule has 3 rings (SSSR count). The van der Waals surface area contributed by atoms with E-state index in [0.29, 0.717) is 21.5 Å². The van der Waals surface area contributed by atoms with Crippen LogP contribution in [0.3, 0.4) is 0 Å². The largest absolute Gasteiger partial charge is 0.434 e. The number of fused-ring (bicyclic) bond motifs is 1. The number of benzene rings is 2. The monoisotopic (exact) mass is 352 g/mol. The van der Waals surface area contributed by atoms with Crippen molar-refractivity contribution in [2.24, 2.45) is 4.40 Å². The van der Waals surface area contributed by atoms with Crippen LogP contribution >= 0.6 is 15.9 Å². The first-order valence-electron chi connectivity index (χ1n) is 5.65. The Morgan fingerprint density at radius 3 is 2.60 bits per heavy atom. The van der Waals surface area contributed by atoms with Crippen molar-refractivity contribution < 1.29 is 13.2 Å². The van der Waals surface area contributed by atoms with Crippen molar-refractivity contribution in [3.05, 3.63) is 52.5 Å². The lowest BCUT2D eigenvalue weighted by Crippen LogP contribution is -2.09. The number of halogens is 1. The van der Waals surface area contributed by atoms with Crippen molar-refractivity contribution in [3.63, 3.8) is 0 Å². The lowest BCUT2D eigenvalue weighted by atomic mass is 10.2. The van der Waals surface area contributed by atoms with Crippen LogP contribution in [0.4, 0.5) is 5.69 Å². The minimum absolute atomic E-state index is 0.0270. The van der Waals surface area contributed by atoms with Gasteiger partial charge in [-0.2, -0.15) is 8.42 Å². The average molecular weight is 353 g/mol. The maximum Gasteiger partial charge on any atom is 0.286 e. The average Bonchev–Trinajstić information content (AvgIpc) is 2.66. The van der Waals surface area contributed by atoms with Gasteiger partial charge in [0.2, 0.25) is 5.90 Å². The standard InChI is InChI=1S/C13H9BrN2O3S/c14-9-5-3-6-10(15)12(9)19-13-8-4-1-2-7-11(8)20(17,18)16-13/h1-7H,15H2. The van der Waals surface area contributed by atoms with Gasteiger partial charge >= 0.3 is 0 Å². The summed E-state index contributed by atoms with van der Waals surface area (Å²) >= 11 is 3.31. The first-order chi connectivity index (χ1) is 9.49. The van der Waals surface area contributed by atoms with Crippen molar-refractivity contribution in [2.45, 2.75) is 4.90 Å². The van der Waals surface area contributed by atoms with E-state index in [1.807, 2.05) is 0 Å². The van der Waals surface area contributed by atoms with Crippen molar-refractivity contribution in [1.82, 2.24) is 0 Å². The van der Waals surface area contributed by atoms with Crippen LogP contribution in [0, 0.1) is 0 Å². The van der Waals surface area contributed by atoms with Gasteiger partial charge in [0.15, 0.2) is 5.75 Å². The Morgan fingerprint density at radius 2 is 1.85 bits per heavy atom. The summed E-state index contributed by atoms with van der Waals surface area (Å²) in [4.78, 5) is 0.139. The molecule has 0 aliphatic carbocycles. The minimum atomic E-state index is -3.69. The van der Waals surface area contributed by atoms with E-state index in [0.717, 1.165) is 0 Å². The van der Waals surface area contributed by atoms with Crippen LogP contribution in [0.2, 0.25) is 0 Å². The van der Waals surface area contributed by atoms with Gasteiger partial charge in [0.05, 0.1) is 15.7 Å². The first kappa shape index (κ1) is 13.1. The Morgan fingerprint density at radius 1 is 1.10 bits per heavy atom. The van der Waals surface area contributed by atoms with Crippen LogP contribution in [-0.2, 0) is 10.0 Å². The summed E-state index contributed by atoms with van der Waals surface area (Å²) in [5.74, 6) is 0.373. The zero-order valence-electron chi connectivity index (χ0n) is 10.1. The van der Waals surface area contributed by atoms with Crippen molar-refractivity contribution in [2.75, 3.05) is 5.73 Å². The molecule has 102 valence electrons. The third-order valence-corrected chi connectivity index (χ3v) is 4.74. The minimum Gasteiger partial charge on any atom is -0.434 e. The molecule has 1 heterocycles.